The number of methoxy groups -OCH3 is 2. The van der Waals surface area contributed by atoms with Crippen LogP contribution in [0.3, 0.4) is 0 Å². The molecule has 152 valence electrons. The number of nitrogens with zero attached hydrogens (tertiary/aromatic N) is 2. The van der Waals surface area contributed by atoms with Crippen molar-refractivity contribution < 1.29 is 19.1 Å². The second-order valence-corrected chi connectivity index (χ2v) is 9.36. The minimum atomic E-state index is -0.342. The predicted octanol–water partition coefficient (Wildman–Crippen LogP) is 4.35. The van der Waals surface area contributed by atoms with E-state index in [0.29, 0.717) is 31.5 Å². The van der Waals surface area contributed by atoms with Crippen molar-refractivity contribution in [1.82, 2.24) is 0 Å². The maximum atomic E-state index is 13.1. The molecule has 30 heavy (non-hydrogen) atoms. The third-order valence-corrected chi connectivity index (χ3v) is 7.28. The zero-order chi connectivity index (χ0) is 21.4. The topological polar surface area (TPSA) is 59.1 Å². The van der Waals surface area contributed by atoms with Crippen molar-refractivity contribution in [2.45, 2.75) is 0 Å². The number of benzene rings is 2. The fourth-order valence-corrected chi connectivity index (χ4v) is 5.67. The van der Waals surface area contributed by atoms with Gasteiger partial charge in [-0.05, 0) is 48.5 Å². The molecule has 0 spiro atoms. The molecule has 0 bridgehead atoms. The van der Waals surface area contributed by atoms with Gasteiger partial charge in [-0.1, -0.05) is 48.0 Å². The summed E-state index contributed by atoms with van der Waals surface area (Å²) in [5, 5.41) is 0. The first-order valence-electron chi connectivity index (χ1n) is 8.59. The van der Waals surface area contributed by atoms with Gasteiger partial charge >= 0.3 is 0 Å². The van der Waals surface area contributed by atoms with E-state index in [-0.39, 0.29) is 21.6 Å². The molecule has 0 aromatic heterocycles. The van der Waals surface area contributed by atoms with Gasteiger partial charge in [0.2, 0.25) is 0 Å². The van der Waals surface area contributed by atoms with Crippen LogP contribution < -0.4 is 19.3 Å². The Morgan fingerprint density at radius 3 is 1.30 bits per heavy atom. The second kappa shape index (κ2) is 8.38. The second-order valence-electron chi connectivity index (χ2n) is 6.07. The number of rotatable bonds is 4. The lowest BCUT2D eigenvalue weighted by molar-refractivity contribution is -0.115. The first kappa shape index (κ1) is 20.9. The average molecular weight is 475 g/mol. The monoisotopic (exact) mass is 474 g/mol. The van der Waals surface area contributed by atoms with Crippen LogP contribution >= 0.6 is 48.0 Å². The first-order chi connectivity index (χ1) is 14.4. The minimum absolute atomic E-state index is 0.282. The Hall–Kier alpha value is -2.40. The molecule has 0 radical (unpaired) electrons. The third-order valence-electron chi connectivity index (χ3n) is 4.41. The summed E-state index contributed by atoms with van der Waals surface area (Å²) in [6.45, 7) is 0. The van der Waals surface area contributed by atoms with Crippen LogP contribution in [0.25, 0.3) is 0 Å². The van der Waals surface area contributed by atoms with Crippen LogP contribution in [0.15, 0.2) is 58.3 Å². The molecular formula is C20H14N2O4S4. The van der Waals surface area contributed by atoms with Crippen LogP contribution in [0.5, 0.6) is 11.5 Å². The maximum absolute atomic E-state index is 13.1. The van der Waals surface area contributed by atoms with E-state index in [1.165, 1.54) is 9.80 Å². The predicted molar refractivity (Wildman–Crippen MR) is 128 cm³/mol. The van der Waals surface area contributed by atoms with Crippen LogP contribution in [0.4, 0.5) is 11.4 Å². The molecule has 2 aliphatic rings. The molecule has 4 rings (SSSR count). The highest BCUT2D eigenvalue weighted by molar-refractivity contribution is 8.30. The SMILES string of the molecule is COc1ccc(N2C(=O)/C(=C3\SC(=S)N(c4ccc(OC)cc4)C3=O)SC2=S)cc1. The fourth-order valence-electron chi connectivity index (χ4n) is 2.92. The van der Waals surface area contributed by atoms with Crippen molar-refractivity contribution in [3.05, 3.63) is 58.3 Å². The zero-order valence-corrected chi connectivity index (χ0v) is 19.0. The molecule has 10 heteroatoms. The summed E-state index contributed by atoms with van der Waals surface area (Å²) in [5.41, 5.74) is 1.22. The summed E-state index contributed by atoms with van der Waals surface area (Å²) in [6.07, 6.45) is 0. The quantitative estimate of drug-likeness (QED) is 0.479. The van der Waals surface area contributed by atoms with Gasteiger partial charge in [0.05, 0.1) is 35.4 Å². The highest BCUT2D eigenvalue weighted by atomic mass is 32.2. The van der Waals surface area contributed by atoms with Gasteiger partial charge in [0.25, 0.3) is 11.8 Å². The summed E-state index contributed by atoms with van der Waals surface area (Å²) >= 11 is 13.0. The van der Waals surface area contributed by atoms with E-state index in [0.717, 1.165) is 23.5 Å². The van der Waals surface area contributed by atoms with Gasteiger partial charge in [-0.15, -0.1) is 0 Å². The van der Waals surface area contributed by atoms with Gasteiger partial charge in [-0.25, -0.2) is 0 Å². The van der Waals surface area contributed by atoms with Gasteiger partial charge in [-0.2, -0.15) is 0 Å². The number of carbonyl (C=O) groups excluding carboxylic acids is 2. The Kier molecular flexibility index (Phi) is 5.83. The normalized spacial score (nSPS) is 19.1. The van der Waals surface area contributed by atoms with Gasteiger partial charge < -0.3 is 9.47 Å². The molecule has 0 unspecified atom stereocenters. The van der Waals surface area contributed by atoms with Crippen LogP contribution in [0.1, 0.15) is 0 Å². The molecule has 2 amide bonds. The Morgan fingerprint density at radius 2 is 1.00 bits per heavy atom. The molecule has 2 fully saturated rings. The number of ether oxygens (including phenoxy) is 2. The van der Waals surface area contributed by atoms with E-state index in [1.54, 1.807) is 62.8 Å². The number of hydrogen-bond donors (Lipinski definition) is 0. The van der Waals surface area contributed by atoms with Crippen molar-refractivity contribution in [1.29, 1.82) is 0 Å². The highest BCUT2D eigenvalue weighted by Crippen LogP contribution is 2.44. The zero-order valence-electron chi connectivity index (χ0n) is 15.8. The molecule has 2 saturated heterocycles. The smallest absolute Gasteiger partial charge is 0.272 e. The Balaban J connectivity index is 1.65. The first-order valence-corrected chi connectivity index (χ1v) is 11.0. The van der Waals surface area contributed by atoms with Gasteiger partial charge in [-0.3, -0.25) is 19.4 Å². The van der Waals surface area contributed by atoms with Crippen molar-refractivity contribution in [2.24, 2.45) is 0 Å². The molecule has 0 N–H and O–H groups in total. The number of carbonyl (C=O) groups is 2. The molecule has 2 aromatic carbocycles. The van der Waals surface area contributed by atoms with Crippen LogP contribution in [0.2, 0.25) is 0 Å². The number of hydrogen-bond acceptors (Lipinski definition) is 8. The van der Waals surface area contributed by atoms with Crippen LogP contribution in [0, 0.1) is 0 Å². The van der Waals surface area contributed by atoms with Gasteiger partial charge in [0.15, 0.2) is 8.64 Å². The Morgan fingerprint density at radius 1 is 0.667 bits per heavy atom. The summed E-state index contributed by atoms with van der Waals surface area (Å²) in [5.74, 6) is 0.657. The molecule has 0 atom stereocenters. The standard InChI is InChI=1S/C20H14N2O4S4/c1-25-13-7-3-11(4-8-13)21-17(23)15(29-19(21)27)16-18(24)22(20(28)30-16)12-5-9-14(26-2)10-6-12/h3-10H,1-2H3/b16-15+. The molecule has 2 heterocycles. The van der Waals surface area contributed by atoms with Crippen molar-refractivity contribution in [2.75, 3.05) is 24.0 Å². The lowest BCUT2D eigenvalue weighted by atomic mass is 10.2. The third kappa shape index (κ3) is 3.60. The molecule has 2 aliphatic heterocycles. The fraction of sp³-hybridized carbons (Fsp3) is 0.100. The van der Waals surface area contributed by atoms with E-state index in [9.17, 15) is 9.59 Å². The number of anilines is 2. The van der Waals surface area contributed by atoms with E-state index < -0.39 is 0 Å². The molecule has 0 aliphatic carbocycles. The molecule has 2 aromatic rings. The summed E-state index contributed by atoms with van der Waals surface area (Å²) < 4.78 is 11.0. The highest BCUT2D eigenvalue weighted by Gasteiger charge is 2.43. The van der Waals surface area contributed by atoms with E-state index in [2.05, 4.69) is 0 Å². The van der Waals surface area contributed by atoms with Crippen LogP contribution in [-0.4, -0.2) is 34.7 Å². The Bertz CT molecular complexity index is 1010. The maximum Gasteiger partial charge on any atom is 0.272 e. The number of amides is 2. The molecular weight excluding hydrogens is 460 g/mol. The largest absolute Gasteiger partial charge is 0.497 e. The summed E-state index contributed by atoms with van der Waals surface area (Å²) in [4.78, 5) is 29.6. The van der Waals surface area contributed by atoms with Crippen LogP contribution in [-0.2, 0) is 9.59 Å². The summed E-state index contributed by atoms with van der Waals surface area (Å²) in [7, 11) is 3.14. The van der Waals surface area contributed by atoms with Crippen molar-refractivity contribution in [3.63, 3.8) is 0 Å². The minimum Gasteiger partial charge on any atom is -0.497 e. The number of thioether (sulfide) groups is 2. The van der Waals surface area contributed by atoms with E-state index in [4.69, 9.17) is 33.9 Å². The summed E-state index contributed by atoms with van der Waals surface area (Å²) in [6, 6.07) is 14.0. The lowest BCUT2D eigenvalue weighted by Gasteiger charge is -2.15. The molecule has 6 nitrogen and oxygen atoms in total. The molecule has 0 saturated carbocycles. The van der Waals surface area contributed by atoms with E-state index >= 15 is 0 Å². The van der Waals surface area contributed by atoms with Gasteiger partial charge in [0, 0.05) is 0 Å². The van der Waals surface area contributed by atoms with E-state index in [1.807, 2.05) is 0 Å². The average Bonchev–Trinajstić information content (AvgIpc) is 3.22. The van der Waals surface area contributed by atoms with Crippen molar-refractivity contribution >= 4 is 79.8 Å². The Labute approximate surface area is 192 Å². The number of thiocarbonyl (C=S) groups is 2. The van der Waals surface area contributed by atoms with Crippen molar-refractivity contribution in [3.8, 4) is 11.5 Å². The lowest BCUT2D eigenvalue weighted by Crippen LogP contribution is -2.29. The van der Waals surface area contributed by atoms with Gasteiger partial charge in [0.1, 0.15) is 11.5 Å².